The van der Waals surface area contributed by atoms with Gasteiger partial charge in [-0.2, -0.15) is 0 Å². The maximum atomic E-state index is 13.3. The van der Waals surface area contributed by atoms with Gasteiger partial charge in [0, 0.05) is 33.2 Å². The van der Waals surface area contributed by atoms with E-state index in [2.05, 4.69) is 10.6 Å². The Labute approximate surface area is 179 Å². The molecule has 0 unspecified atom stereocenters. The maximum absolute atomic E-state index is 13.3. The minimum Gasteiger partial charge on any atom is -0.356 e. The van der Waals surface area contributed by atoms with Crippen LogP contribution < -0.4 is 10.6 Å². The molecule has 0 spiro atoms. The predicted octanol–water partition coefficient (Wildman–Crippen LogP) is 6.37. The Hall–Kier alpha value is -3.37. The summed E-state index contributed by atoms with van der Waals surface area (Å²) in [6.07, 6.45) is 2.80. The second kappa shape index (κ2) is 7.81. The third kappa shape index (κ3) is 3.62. The zero-order valence-electron chi connectivity index (χ0n) is 16.3. The summed E-state index contributed by atoms with van der Waals surface area (Å²) in [5.74, 6) is -0.119. The Kier molecular flexibility index (Phi) is 4.85. The highest BCUT2D eigenvalue weighted by Gasteiger charge is 2.24. The molecule has 1 aliphatic carbocycles. The number of nitrogens with zero attached hydrogens (tertiary/aromatic N) is 1. The van der Waals surface area contributed by atoms with Crippen molar-refractivity contribution in [2.75, 3.05) is 10.6 Å². The van der Waals surface area contributed by atoms with Crippen molar-refractivity contribution in [1.82, 2.24) is 4.98 Å². The van der Waals surface area contributed by atoms with Crippen LogP contribution in [0.3, 0.4) is 0 Å². The molecule has 0 bridgehead atoms. The van der Waals surface area contributed by atoms with Crippen molar-refractivity contribution in [3.8, 4) is 0 Å². The van der Waals surface area contributed by atoms with Gasteiger partial charge in [-0.3, -0.25) is 9.78 Å². The molecule has 3 aromatic carbocycles. The van der Waals surface area contributed by atoms with Crippen molar-refractivity contribution in [2.24, 2.45) is 0 Å². The van der Waals surface area contributed by atoms with E-state index in [1.807, 2.05) is 72.8 Å². The van der Waals surface area contributed by atoms with E-state index in [-0.39, 0.29) is 5.91 Å². The molecule has 0 saturated carbocycles. The molecule has 4 aromatic rings. The van der Waals surface area contributed by atoms with Gasteiger partial charge in [-0.1, -0.05) is 29.8 Å². The second-order valence-corrected chi connectivity index (χ2v) is 7.89. The number of anilines is 3. The van der Waals surface area contributed by atoms with Crippen molar-refractivity contribution in [2.45, 2.75) is 19.3 Å². The number of pyridine rings is 1. The molecule has 0 radical (unpaired) electrons. The van der Waals surface area contributed by atoms with Crippen molar-refractivity contribution in [3.63, 3.8) is 0 Å². The number of aryl methyl sites for hydroxylation is 1. The Bertz CT molecular complexity index is 1240. The number of hydrogen-bond donors (Lipinski definition) is 2. The van der Waals surface area contributed by atoms with Crippen LogP contribution in [0.2, 0.25) is 5.02 Å². The lowest BCUT2D eigenvalue weighted by molar-refractivity contribution is 0.102. The van der Waals surface area contributed by atoms with Crippen LogP contribution >= 0.6 is 11.6 Å². The van der Waals surface area contributed by atoms with Crippen LogP contribution in [0.4, 0.5) is 17.1 Å². The average molecular weight is 414 g/mol. The summed E-state index contributed by atoms with van der Waals surface area (Å²) in [5, 5.41) is 7.81. The third-order valence-corrected chi connectivity index (χ3v) is 5.64. The van der Waals surface area contributed by atoms with Gasteiger partial charge in [0.25, 0.3) is 5.91 Å². The Morgan fingerprint density at radius 3 is 2.40 bits per heavy atom. The average Bonchev–Trinajstić information content (AvgIpc) is 3.22. The molecule has 30 heavy (non-hydrogen) atoms. The van der Waals surface area contributed by atoms with Gasteiger partial charge in [-0.25, -0.2) is 0 Å². The van der Waals surface area contributed by atoms with E-state index >= 15 is 0 Å². The number of fused-ring (bicyclic) bond motifs is 2. The van der Waals surface area contributed by atoms with E-state index in [4.69, 9.17) is 16.6 Å². The first kappa shape index (κ1) is 18.6. The summed E-state index contributed by atoms with van der Waals surface area (Å²) in [5.41, 5.74) is 6.31. The number of amides is 1. The van der Waals surface area contributed by atoms with Crippen LogP contribution in [-0.4, -0.2) is 10.9 Å². The maximum Gasteiger partial charge on any atom is 0.256 e. The third-order valence-electron chi connectivity index (χ3n) is 5.41. The monoisotopic (exact) mass is 413 g/mol. The Morgan fingerprint density at radius 2 is 1.60 bits per heavy atom. The summed E-state index contributed by atoms with van der Waals surface area (Å²) in [4.78, 5) is 18.0. The van der Waals surface area contributed by atoms with Crippen LogP contribution in [0.1, 0.15) is 28.0 Å². The molecule has 1 aliphatic rings. The first-order valence-electron chi connectivity index (χ1n) is 10.0. The highest BCUT2D eigenvalue weighted by atomic mass is 35.5. The topological polar surface area (TPSA) is 54.0 Å². The van der Waals surface area contributed by atoms with Crippen LogP contribution in [0.15, 0.2) is 72.8 Å². The molecular formula is C25H20ClN3O. The van der Waals surface area contributed by atoms with Gasteiger partial charge in [0.15, 0.2) is 0 Å². The molecule has 4 nitrogen and oxygen atoms in total. The summed E-state index contributed by atoms with van der Waals surface area (Å²) in [7, 11) is 0. The predicted molar refractivity (Wildman–Crippen MR) is 123 cm³/mol. The highest BCUT2D eigenvalue weighted by Crippen LogP contribution is 2.32. The minimum atomic E-state index is -0.119. The van der Waals surface area contributed by atoms with E-state index in [1.165, 1.54) is 0 Å². The number of aromatic nitrogens is 1. The lowest BCUT2D eigenvalue weighted by atomic mass is 10.0. The molecule has 5 heteroatoms. The Morgan fingerprint density at radius 1 is 0.867 bits per heavy atom. The number of carbonyl (C=O) groups excluding carboxylic acids is 1. The van der Waals surface area contributed by atoms with Gasteiger partial charge in [0.2, 0.25) is 0 Å². The number of hydrogen-bond acceptors (Lipinski definition) is 3. The summed E-state index contributed by atoms with van der Waals surface area (Å²) in [6, 6.07) is 23.2. The fourth-order valence-corrected chi connectivity index (χ4v) is 4.18. The zero-order valence-corrected chi connectivity index (χ0v) is 17.0. The number of nitrogens with one attached hydrogen (secondary N) is 2. The zero-order chi connectivity index (χ0) is 20.5. The molecule has 0 aliphatic heterocycles. The van der Waals surface area contributed by atoms with Crippen molar-refractivity contribution in [1.29, 1.82) is 0 Å². The lowest BCUT2D eigenvalue weighted by Gasteiger charge is -2.13. The molecule has 5 rings (SSSR count). The van der Waals surface area contributed by atoms with Crippen LogP contribution in [0, 0.1) is 0 Å². The minimum absolute atomic E-state index is 0.119. The van der Waals surface area contributed by atoms with Crippen molar-refractivity contribution < 1.29 is 4.79 Å². The number of para-hydroxylation sites is 1. The van der Waals surface area contributed by atoms with E-state index in [0.717, 1.165) is 58.5 Å². The Balaban J connectivity index is 1.43. The SMILES string of the molecule is O=C(Nc1ccc(Nc2ccccc2)cc1)c1c2c(nc3ccc(Cl)cc13)CCC2. The second-order valence-electron chi connectivity index (χ2n) is 7.45. The first-order chi connectivity index (χ1) is 14.7. The van der Waals surface area contributed by atoms with Crippen LogP contribution in [0.5, 0.6) is 0 Å². The van der Waals surface area contributed by atoms with Gasteiger partial charge >= 0.3 is 0 Å². The molecule has 1 aromatic heterocycles. The summed E-state index contributed by atoms with van der Waals surface area (Å²) >= 11 is 6.22. The number of carbonyl (C=O) groups is 1. The first-order valence-corrected chi connectivity index (χ1v) is 10.4. The fourth-order valence-electron chi connectivity index (χ4n) is 4.01. The molecule has 0 saturated heterocycles. The molecule has 1 heterocycles. The van der Waals surface area contributed by atoms with Crippen molar-refractivity contribution in [3.05, 3.63) is 94.6 Å². The largest absolute Gasteiger partial charge is 0.356 e. The molecule has 0 atom stereocenters. The van der Waals surface area contributed by atoms with Gasteiger partial charge in [0.05, 0.1) is 11.1 Å². The highest BCUT2D eigenvalue weighted by molar-refractivity contribution is 6.31. The van der Waals surface area contributed by atoms with E-state index in [1.54, 1.807) is 0 Å². The summed E-state index contributed by atoms with van der Waals surface area (Å²) < 4.78 is 0. The van der Waals surface area contributed by atoms with E-state index in [9.17, 15) is 4.79 Å². The molecule has 148 valence electrons. The quantitative estimate of drug-likeness (QED) is 0.408. The van der Waals surface area contributed by atoms with Gasteiger partial charge in [-0.15, -0.1) is 0 Å². The fraction of sp³-hybridized carbons (Fsp3) is 0.120. The van der Waals surface area contributed by atoms with Gasteiger partial charge in [-0.05, 0) is 79.4 Å². The summed E-state index contributed by atoms with van der Waals surface area (Å²) in [6.45, 7) is 0. The van der Waals surface area contributed by atoms with E-state index < -0.39 is 0 Å². The van der Waals surface area contributed by atoms with Gasteiger partial charge < -0.3 is 10.6 Å². The normalized spacial score (nSPS) is 12.6. The van der Waals surface area contributed by atoms with Gasteiger partial charge in [0.1, 0.15) is 0 Å². The number of rotatable bonds is 4. The molecular weight excluding hydrogens is 394 g/mol. The number of halogens is 1. The van der Waals surface area contributed by atoms with Crippen LogP contribution in [-0.2, 0) is 12.8 Å². The molecule has 2 N–H and O–H groups in total. The number of benzene rings is 3. The standard InChI is InChI=1S/C25H20ClN3O/c26-16-9-14-23-21(15-16)24(20-7-4-8-22(20)29-23)25(30)28-19-12-10-18(11-13-19)27-17-5-2-1-3-6-17/h1-3,5-6,9-15,27H,4,7-8H2,(H,28,30). The van der Waals surface area contributed by atoms with Crippen LogP contribution in [0.25, 0.3) is 10.9 Å². The van der Waals surface area contributed by atoms with E-state index in [0.29, 0.717) is 10.6 Å². The molecule has 0 fully saturated rings. The van der Waals surface area contributed by atoms with Crippen molar-refractivity contribution >= 4 is 45.5 Å². The lowest BCUT2D eigenvalue weighted by Crippen LogP contribution is -2.15. The molecule has 1 amide bonds. The smallest absolute Gasteiger partial charge is 0.256 e.